The van der Waals surface area contributed by atoms with E-state index in [1.54, 1.807) is 24.3 Å². The van der Waals surface area contributed by atoms with Gasteiger partial charge in [-0.05, 0) is 42.9 Å². The Labute approximate surface area is 225 Å². The minimum absolute atomic E-state index is 0. The van der Waals surface area contributed by atoms with Crippen molar-refractivity contribution in [1.82, 2.24) is 19.4 Å². The Bertz CT molecular complexity index is 1260. The lowest BCUT2D eigenvalue weighted by Crippen LogP contribution is -2.48. The molecule has 0 amide bonds. The average molecular weight is 550 g/mol. The van der Waals surface area contributed by atoms with E-state index in [-0.39, 0.29) is 31.9 Å². The molecule has 4 heterocycles. The van der Waals surface area contributed by atoms with Crippen molar-refractivity contribution in [3.63, 3.8) is 0 Å². The van der Waals surface area contributed by atoms with Gasteiger partial charge in [0.05, 0.1) is 35.0 Å². The fourth-order valence-electron chi connectivity index (χ4n) is 4.95. The van der Waals surface area contributed by atoms with Crippen LogP contribution in [-0.4, -0.2) is 68.1 Å². The molecule has 0 saturated carbocycles. The first-order valence-corrected chi connectivity index (χ1v) is 14.9. The number of ether oxygens (including phenoxy) is 1. The number of nitrogens with zero attached hydrogens (tertiary/aromatic N) is 3. The van der Waals surface area contributed by atoms with Gasteiger partial charge in [-0.15, -0.1) is 0 Å². The van der Waals surface area contributed by atoms with Gasteiger partial charge in [0.15, 0.2) is 0 Å². The van der Waals surface area contributed by atoms with E-state index >= 15 is 4.39 Å². The maximum Gasteiger partial charge on any atom is 0.276 e. The summed E-state index contributed by atoms with van der Waals surface area (Å²) in [5.74, 6) is 0.349. The molecule has 3 saturated heterocycles. The molecule has 3 fully saturated rings. The third-order valence-corrected chi connectivity index (χ3v) is 9.07. The van der Waals surface area contributed by atoms with Gasteiger partial charge >= 0.3 is 0 Å². The average Bonchev–Trinajstić information content (AvgIpc) is 3.80. The van der Waals surface area contributed by atoms with Crippen LogP contribution in [-0.2, 0) is 14.8 Å². The van der Waals surface area contributed by atoms with E-state index in [2.05, 4.69) is 22.3 Å². The van der Waals surface area contributed by atoms with Crippen LogP contribution in [0, 0.1) is 5.92 Å². The van der Waals surface area contributed by atoms with E-state index in [0.717, 1.165) is 40.5 Å². The number of piperidine rings is 1. The zero-order valence-corrected chi connectivity index (χ0v) is 22.9. The van der Waals surface area contributed by atoms with Crippen molar-refractivity contribution in [2.75, 3.05) is 44.7 Å². The second kappa shape index (κ2) is 12.5. The van der Waals surface area contributed by atoms with Gasteiger partial charge in [0, 0.05) is 40.3 Å². The number of hydrogen-bond donors (Lipinski definition) is 2. The summed E-state index contributed by atoms with van der Waals surface area (Å²) >= 11 is 0. The summed E-state index contributed by atoms with van der Waals surface area (Å²) in [5, 5.41) is 10.7. The van der Waals surface area contributed by atoms with E-state index < -0.39 is 27.8 Å². The molecule has 0 radical (unpaired) electrons. The van der Waals surface area contributed by atoms with Crippen molar-refractivity contribution in [2.24, 2.45) is 5.92 Å². The van der Waals surface area contributed by atoms with Crippen molar-refractivity contribution >= 4 is 21.8 Å². The maximum atomic E-state index is 15.3. The first kappa shape index (κ1) is 28.4. The molecule has 2 N–H and O–H groups in total. The fourth-order valence-corrected chi connectivity index (χ4v) is 6.41. The highest BCUT2D eigenvalue weighted by molar-refractivity contribution is 7.89. The molecule has 3 aliphatic rings. The van der Waals surface area contributed by atoms with E-state index in [1.807, 2.05) is 13.8 Å². The third kappa shape index (κ3) is 6.17. The standard InChI is InChI=1S/C25H32FN5O4S.C2H6.H2/c1-2-20-23(27-12-17-4-3-11-35-16-17)14-29-31(25(20)32)24-9-10-30(15-21(24)26)36(33,34)19-7-5-18(6-8-19)22-13-28-22;1-2;/h2,5-8,14,17,21-22,24,27-28H,1,3-4,9-13,15-16H2;1-2H3;1H/t17-,21-,22?,24-;;/m0../s1. The number of halogens is 1. The Balaban J connectivity index is 0.00000137. The summed E-state index contributed by atoms with van der Waals surface area (Å²) in [4.78, 5) is 13.3. The molecule has 1 unspecified atom stereocenters. The van der Waals surface area contributed by atoms with Crippen LogP contribution >= 0.6 is 0 Å². The fraction of sp³-hybridized carbons (Fsp3) is 0.556. The predicted molar refractivity (Wildman–Crippen MR) is 149 cm³/mol. The number of benzene rings is 1. The van der Waals surface area contributed by atoms with Crippen LogP contribution in [0.25, 0.3) is 6.08 Å². The van der Waals surface area contributed by atoms with Crippen LogP contribution in [0.1, 0.15) is 57.7 Å². The molecule has 1 aromatic carbocycles. The van der Waals surface area contributed by atoms with Crippen molar-refractivity contribution in [2.45, 2.75) is 56.3 Å². The van der Waals surface area contributed by atoms with Gasteiger partial charge in [0.2, 0.25) is 10.0 Å². The summed E-state index contributed by atoms with van der Waals surface area (Å²) in [7, 11) is -3.84. The zero-order chi connectivity index (χ0) is 27.3. The van der Waals surface area contributed by atoms with Crippen molar-refractivity contribution < 1.29 is 19.0 Å². The lowest BCUT2D eigenvalue weighted by Gasteiger charge is -2.34. The molecule has 1 aromatic heterocycles. The van der Waals surface area contributed by atoms with Gasteiger partial charge in [0.25, 0.3) is 5.56 Å². The van der Waals surface area contributed by atoms with Gasteiger partial charge in [-0.1, -0.05) is 38.6 Å². The van der Waals surface area contributed by atoms with Crippen LogP contribution in [0.3, 0.4) is 0 Å². The third-order valence-electron chi connectivity index (χ3n) is 7.19. The monoisotopic (exact) mass is 549 g/mol. The Morgan fingerprint density at radius 2 is 2.03 bits per heavy atom. The summed E-state index contributed by atoms with van der Waals surface area (Å²) < 4.78 is 49.4. The van der Waals surface area contributed by atoms with Gasteiger partial charge in [0.1, 0.15) is 6.17 Å². The number of nitrogens with one attached hydrogen (secondary N) is 2. The van der Waals surface area contributed by atoms with Gasteiger partial charge < -0.3 is 15.4 Å². The van der Waals surface area contributed by atoms with Crippen molar-refractivity contribution in [3.05, 3.63) is 58.5 Å². The van der Waals surface area contributed by atoms with E-state index in [9.17, 15) is 13.2 Å². The van der Waals surface area contributed by atoms with Gasteiger partial charge in [-0.25, -0.2) is 17.5 Å². The van der Waals surface area contributed by atoms with E-state index in [0.29, 0.717) is 30.3 Å². The highest BCUT2D eigenvalue weighted by Crippen LogP contribution is 2.30. The minimum Gasteiger partial charge on any atom is -0.383 e. The molecule has 0 aliphatic carbocycles. The highest BCUT2D eigenvalue weighted by atomic mass is 32.2. The smallest absolute Gasteiger partial charge is 0.276 e. The van der Waals surface area contributed by atoms with E-state index in [4.69, 9.17) is 4.74 Å². The summed E-state index contributed by atoms with van der Waals surface area (Å²) in [6.45, 7) is 10.5. The first-order valence-electron chi connectivity index (χ1n) is 13.4. The predicted octanol–water partition coefficient (Wildman–Crippen LogP) is 3.62. The number of aromatic nitrogens is 2. The largest absolute Gasteiger partial charge is 0.383 e. The second-order valence-electron chi connectivity index (χ2n) is 9.65. The molecule has 11 heteroatoms. The molecule has 4 atom stereocenters. The van der Waals surface area contributed by atoms with Gasteiger partial charge in [-0.2, -0.15) is 9.40 Å². The Morgan fingerprint density at radius 1 is 1.29 bits per heavy atom. The van der Waals surface area contributed by atoms with Crippen LogP contribution in [0.4, 0.5) is 10.1 Å². The molecule has 210 valence electrons. The highest BCUT2D eigenvalue weighted by Gasteiger charge is 2.38. The van der Waals surface area contributed by atoms with E-state index in [1.165, 1.54) is 12.3 Å². The summed E-state index contributed by atoms with van der Waals surface area (Å²) in [6, 6.07) is 6.13. The van der Waals surface area contributed by atoms with Crippen LogP contribution < -0.4 is 16.2 Å². The van der Waals surface area contributed by atoms with Crippen LogP contribution in [0.2, 0.25) is 0 Å². The molecule has 3 aliphatic heterocycles. The van der Waals surface area contributed by atoms with Gasteiger partial charge in [-0.3, -0.25) is 4.79 Å². The van der Waals surface area contributed by atoms with Crippen LogP contribution in [0.15, 0.2) is 46.7 Å². The SMILES string of the molecule is C=Cc1c(NC[C@@H]2CCCOC2)cnn([C@H]2CCN(S(=O)(=O)c3ccc(C4CN4)cc3)C[C@@H]2F)c1=O.CC.[HH]. The Kier molecular flexibility index (Phi) is 9.35. The molecule has 0 bridgehead atoms. The molecule has 38 heavy (non-hydrogen) atoms. The van der Waals surface area contributed by atoms with Crippen molar-refractivity contribution in [1.29, 1.82) is 0 Å². The first-order chi connectivity index (χ1) is 18.4. The summed E-state index contributed by atoms with van der Waals surface area (Å²) in [5.41, 5.74) is 1.47. The molecule has 5 rings (SSSR count). The quantitative estimate of drug-likeness (QED) is 0.483. The normalized spacial score (nSPS) is 25.7. The number of hydrogen-bond acceptors (Lipinski definition) is 7. The number of sulfonamides is 1. The molecular weight excluding hydrogens is 509 g/mol. The minimum atomic E-state index is -3.84. The Morgan fingerprint density at radius 3 is 2.63 bits per heavy atom. The Hall–Kier alpha value is -2.60. The lowest BCUT2D eigenvalue weighted by atomic mass is 10.0. The molecule has 9 nitrogen and oxygen atoms in total. The van der Waals surface area contributed by atoms with Crippen LogP contribution in [0.5, 0.6) is 0 Å². The maximum absolute atomic E-state index is 15.3. The lowest BCUT2D eigenvalue weighted by molar-refractivity contribution is 0.0595. The topological polar surface area (TPSA) is 115 Å². The number of alkyl halides is 1. The molecule has 2 aromatic rings. The van der Waals surface area contributed by atoms with Crippen molar-refractivity contribution in [3.8, 4) is 0 Å². The second-order valence-corrected chi connectivity index (χ2v) is 11.6. The molecular formula is C27H40FN5O4S. The number of anilines is 1. The zero-order valence-electron chi connectivity index (χ0n) is 22.1. The summed E-state index contributed by atoms with van der Waals surface area (Å²) in [6.07, 6.45) is 3.59. The molecule has 0 spiro atoms. The number of rotatable bonds is 8.